The van der Waals surface area contributed by atoms with Crippen molar-refractivity contribution in [2.45, 2.75) is 213 Å². The van der Waals surface area contributed by atoms with Crippen LogP contribution in [0.25, 0.3) is 0 Å². The van der Waals surface area contributed by atoms with Crippen LogP contribution in [0.5, 0.6) is 0 Å². The number of aliphatic hydroxyl groups is 1. The smallest absolute Gasteiger partial charge is 0.306 e. The van der Waals surface area contributed by atoms with Crippen LogP contribution in [-0.2, 0) is 14.3 Å². The minimum Gasteiger partial charge on any atom is -0.457 e. The zero-order valence-corrected chi connectivity index (χ0v) is 31.5. The highest BCUT2D eigenvalue weighted by atomic mass is 16.6. The van der Waals surface area contributed by atoms with Gasteiger partial charge < -0.3 is 14.6 Å². The average molecular weight is 661 g/mol. The van der Waals surface area contributed by atoms with Crippen molar-refractivity contribution in [3.8, 4) is 0 Å². The molecular weight excluding hydrogens is 580 g/mol. The summed E-state index contributed by atoms with van der Waals surface area (Å²) in [6.07, 6.45) is 50.5. The van der Waals surface area contributed by atoms with Gasteiger partial charge >= 0.3 is 5.97 Å². The van der Waals surface area contributed by atoms with Crippen LogP contribution in [0.3, 0.4) is 0 Å². The first-order chi connectivity index (χ1) is 23.2. The van der Waals surface area contributed by atoms with Gasteiger partial charge in [-0.15, -0.1) is 0 Å². The van der Waals surface area contributed by atoms with Gasteiger partial charge in [0, 0.05) is 13.0 Å². The number of aliphatic hydroxyl groups excluding tert-OH is 1. The fourth-order valence-corrected chi connectivity index (χ4v) is 5.86. The predicted octanol–water partition coefficient (Wildman–Crippen LogP) is 13.3. The molecular formula is C43H80O4. The largest absolute Gasteiger partial charge is 0.457 e. The number of unbranched alkanes of at least 4 members (excludes halogenated alkanes) is 24. The molecule has 4 nitrogen and oxygen atoms in total. The molecule has 0 aromatic heterocycles. The number of allylic oxidation sites excluding steroid dienone is 6. The Morgan fingerprint density at radius 2 is 0.894 bits per heavy atom. The van der Waals surface area contributed by atoms with E-state index in [1.54, 1.807) is 0 Å². The van der Waals surface area contributed by atoms with Gasteiger partial charge in [-0.05, 0) is 51.4 Å². The molecule has 1 atom stereocenters. The van der Waals surface area contributed by atoms with Crippen LogP contribution < -0.4 is 0 Å². The number of carbonyl (C=O) groups is 1. The SMILES string of the molecule is CCCCCCC/C=C\C/C=C\C/C=C\CCCCCCCCC(=O)OC(CO)COCCCCCCCCCCCCCCCC. The molecule has 47 heavy (non-hydrogen) atoms. The van der Waals surface area contributed by atoms with Gasteiger partial charge in [0.15, 0.2) is 0 Å². The monoisotopic (exact) mass is 661 g/mol. The van der Waals surface area contributed by atoms with Crippen LogP contribution in [-0.4, -0.2) is 37.0 Å². The molecule has 0 fully saturated rings. The summed E-state index contributed by atoms with van der Waals surface area (Å²) in [6, 6.07) is 0. The topological polar surface area (TPSA) is 55.8 Å². The van der Waals surface area contributed by atoms with E-state index in [0.29, 0.717) is 19.6 Å². The average Bonchev–Trinajstić information content (AvgIpc) is 3.08. The highest BCUT2D eigenvalue weighted by Gasteiger charge is 2.13. The van der Waals surface area contributed by atoms with Crippen molar-refractivity contribution in [2.75, 3.05) is 19.8 Å². The fourth-order valence-electron chi connectivity index (χ4n) is 5.86. The minimum absolute atomic E-state index is 0.175. The molecule has 0 rings (SSSR count). The number of ether oxygens (including phenoxy) is 2. The van der Waals surface area contributed by atoms with Crippen molar-refractivity contribution in [1.29, 1.82) is 0 Å². The van der Waals surface area contributed by atoms with E-state index in [-0.39, 0.29) is 12.6 Å². The molecule has 0 bridgehead atoms. The summed E-state index contributed by atoms with van der Waals surface area (Å²) in [4.78, 5) is 12.2. The molecule has 1 unspecified atom stereocenters. The maximum Gasteiger partial charge on any atom is 0.306 e. The first-order valence-corrected chi connectivity index (χ1v) is 20.6. The molecule has 0 aliphatic heterocycles. The Bertz CT molecular complexity index is 698. The zero-order chi connectivity index (χ0) is 34.1. The molecule has 4 heteroatoms. The highest BCUT2D eigenvalue weighted by Crippen LogP contribution is 2.14. The van der Waals surface area contributed by atoms with E-state index in [2.05, 4.69) is 50.3 Å². The molecule has 0 aromatic rings. The quantitative estimate of drug-likeness (QED) is 0.0407. The Hall–Kier alpha value is -1.39. The van der Waals surface area contributed by atoms with Gasteiger partial charge in [-0.3, -0.25) is 4.79 Å². The summed E-state index contributed by atoms with van der Waals surface area (Å²) in [5.74, 6) is -0.211. The van der Waals surface area contributed by atoms with Gasteiger partial charge in [-0.2, -0.15) is 0 Å². The van der Waals surface area contributed by atoms with E-state index < -0.39 is 6.10 Å². The van der Waals surface area contributed by atoms with Crippen molar-refractivity contribution in [2.24, 2.45) is 0 Å². The van der Waals surface area contributed by atoms with E-state index in [1.807, 2.05) is 0 Å². The first-order valence-electron chi connectivity index (χ1n) is 20.6. The van der Waals surface area contributed by atoms with E-state index in [9.17, 15) is 9.90 Å². The third-order valence-electron chi connectivity index (χ3n) is 8.97. The Kier molecular flexibility index (Phi) is 39.6. The Morgan fingerprint density at radius 1 is 0.511 bits per heavy atom. The molecule has 0 saturated carbocycles. The lowest BCUT2D eigenvalue weighted by atomic mass is 10.0. The summed E-state index contributed by atoms with van der Waals surface area (Å²) >= 11 is 0. The second kappa shape index (κ2) is 40.8. The minimum atomic E-state index is -0.538. The summed E-state index contributed by atoms with van der Waals surface area (Å²) in [6.45, 7) is 5.34. The van der Waals surface area contributed by atoms with Crippen LogP contribution in [0, 0.1) is 0 Å². The number of esters is 1. The summed E-state index contributed by atoms with van der Waals surface area (Å²) in [7, 11) is 0. The van der Waals surface area contributed by atoms with Crippen LogP contribution in [0.1, 0.15) is 206 Å². The molecule has 0 spiro atoms. The fraction of sp³-hybridized carbons (Fsp3) is 0.837. The first kappa shape index (κ1) is 45.6. The predicted molar refractivity (Wildman–Crippen MR) is 205 cm³/mol. The summed E-state index contributed by atoms with van der Waals surface area (Å²) in [5, 5.41) is 9.58. The Labute approximate surface area is 293 Å². The lowest BCUT2D eigenvalue weighted by Crippen LogP contribution is -2.27. The summed E-state index contributed by atoms with van der Waals surface area (Å²) in [5.41, 5.74) is 0. The van der Waals surface area contributed by atoms with Crippen LogP contribution in [0.2, 0.25) is 0 Å². The van der Waals surface area contributed by atoms with Crippen molar-refractivity contribution in [1.82, 2.24) is 0 Å². The van der Waals surface area contributed by atoms with Gasteiger partial charge in [0.2, 0.25) is 0 Å². The van der Waals surface area contributed by atoms with Gasteiger partial charge in [-0.1, -0.05) is 185 Å². The molecule has 0 aromatic carbocycles. The van der Waals surface area contributed by atoms with Crippen molar-refractivity contribution < 1.29 is 19.4 Å². The lowest BCUT2D eigenvalue weighted by molar-refractivity contribution is -0.154. The Morgan fingerprint density at radius 3 is 1.34 bits per heavy atom. The molecule has 0 heterocycles. The van der Waals surface area contributed by atoms with Crippen molar-refractivity contribution in [3.05, 3.63) is 36.5 Å². The maximum atomic E-state index is 12.2. The van der Waals surface area contributed by atoms with E-state index in [4.69, 9.17) is 9.47 Å². The van der Waals surface area contributed by atoms with Crippen LogP contribution in [0.4, 0.5) is 0 Å². The van der Waals surface area contributed by atoms with E-state index >= 15 is 0 Å². The number of rotatable bonds is 38. The molecule has 0 aliphatic carbocycles. The third-order valence-corrected chi connectivity index (χ3v) is 8.97. The third kappa shape index (κ3) is 38.9. The molecule has 0 saturated heterocycles. The Balaban J connectivity index is 3.47. The molecule has 276 valence electrons. The number of hydrogen-bond acceptors (Lipinski definition) is 4. The zero-order valence-electron chi connectivity index (χ0n) is 31.5. The van der Waals surface area contributed by atoms with Crippen molar-refractivity contribution in [3.63, 3.8) is 0 Å². The van der Waals surface area contributed by atoms with Crippen molar-refractivity contribution >= 4 is 5.97 Å². The lowest BCUT2D eigenvalue weighted by Gasteiger charge is -2.16. The number of carbonyl (C=O) groups excluding carboxylic acids is 1. The van der Waals surface area contributed by atoms with Gasteiger partial charge in [-0.25, -0.2) is 0 Å². The second-order valence-corrected chi connectivity index (χ2v) is 13.7. The maximum absolute atomic E-state index is 12.2. The second-order valence-electron chi connectivity index (χ2n) is 13.7. The van der Waals surface area contributed by atoms with E-state index in [1.165, 1.54) is 141 Å². The van der Waals surface area contributed by atoms with Gasteiger partial charge in [0.1, 0.15) is 6.10 Å². The molecule has 0 aliphatic rings. The number of hydrogen-bond donors (Lipinski definition) is 1. The van der Waals surface area contributed by atoms with E-state index in [0.717, 1.165) is 44.9 Å². The van der Waals surface area contributed by atoms with Crippen LogP contribution >= 0.6 is 0 Å². The van der Waals surface area contributed by atoms with Gasteiger partial charge in [0.25, 0.3) is 0 Å². The molecule has 0 amide bonds. The normalized spacial score (nSPS) is 12.7. The highest BCUT2D eigenvalue weighted by molar-refractivity contribution is 5.69. The summed E-state index contributed by atoms with van der Waals surface area (Å²) < 4.78 is 11.1. The standard InChI is InChI=1S/C43H80O4/c1-3-5-7-9-11-13-15-17-19-20-21-22-23-24-25-26-28-30-32-34-36-38-43(45)47-42(40-44)41-46-39-37-35-33-31-29-27-18-16-14-12-10-8-6-4-2/h15,17,20-21,23-24,42,44H,3-14,16,18-19,22,25-41H2,1-2H3/b17-15-,21-20-,24-23-. The molecule has 1 N–H and O–H groups in total. The van der Waals surface area contributed by atoms with Crippen LogP contribution in [0.15, 0.2) is 36.5 Å². The van der Waals surface area contributed by atoms with Gasteiger partial charge in [0.05, 0.1) is 13.2 Å². The molecule has 0 radical (unpaired) electrons.